The highest BCUT2D eigenvalue weighted by molar-refractivity contribution is 8.18. The number of hydrogen-bond acceptors (Lipinski definition) is 7. The molecule has 1 N–H and O–H groups in total. The Morgan fingerprint density at radius 1 is 1.24 bits per heavy atom. The van der Waals surface area contributed by atoms with Crippen LogP contribution in [0.2, 0.25) is 5.02 Å². The lowest BCUT2D eigenvalue weighted by Gasteiger charge is -2.14. The molecule has 1 saturated heterocycles. The van der Waals surface area contributed by atoms with E-state index in [0.717, 1.165) is 27.8 Å². The monoisotopic (exact) mass is 489 g/mol. The summed E-state index contributed by atoms with van der Waals surface area (Å²) < 4.78 is 5.58. The van der Waals surface area contributed by atoms with Crippen LogP contribution in [-0.4, -0.2) is 46.6 Å². The van der Waals surface area contributed by atoms with E-state index in [0.29, 0.717) is 11.3 Å². The summed E-state index contributed by atoms with van der Waals surface area (Å²) in [6.45, 7) is 3.62. The van der Waals surface area contributed by atoms with Crippen molar-refractivity contribution >= 4 is 52.2 Å². The number of amides is 3. The second-order valence-electron chi connectivity index (χ2n) is 7.16. The SMILES string of the molecule is Cc1cccc(C)c1OCC(=O)NCCN1C(=O)S/C(=C\c2ccc(Cl)c([N+](=O)[O-])c2)C1=O. The molecule has 1 heterocycles. The molecule has 9 nitrogen and oxygen atoms in total. The molecule has 1 fully saturated rings. The van der Waals surface area contributed by atoms with E-state index in [1.165, 1.54) is 24.3 Å². The fraction of sp³-hybridized carbons (Fsp3) is 0.227. The molecule has 11 heteroatoms. The van der Waals surface area contributed by atoms with E-state index >= 15 is 0 Å². The molecule has 3 amide bonds. The van der Waals surface area contributed by atoms with Gasteiger partial charge in [0.25, 0.3) is 22.7 Å². The minimum Gasteiger partial charge on any atom is -0.483 e. The largest absolute Gasteiger partial charge is 0.483 e. The Kier molecular flexibility index (Phi) is 7.72. The third-order valence-electron chi connectivity index (χ3n) is 4.75. The Hall–Kier alpha value is -3.37. The van der Waals surface area contributed by atoms with Gasteiger partial charge in [0.2, 0.25) is 0 Å². The number of halogens is 1. The van der Waals surface area contributed by atoms with Gasteiger partial charge in [0, 0.05) is 19.2 Å². The van der Waals surface area contributed by atoms with Crippen LogP contribution in [0.4, 0.5) is 10.5 Å². The number of benzene rings is 2. The Labute approximate surface area is 198 Å². The van der Waals surface area contributed by atoms with Gasteiger partial charge < -0.3 is 10.1 Å². The van der Waals surface area contributed by atoms with Crippen molar-refractivity contribution in [3.05, 3.63) is 73.1 Å². The molecular weight excluding hydrogens is 470 g/mol. The molecule has 0 atom stereocenters. The summed E-state index contributed by atoms with van der Waals surface area (Å²) in [4.78, 5) is 48.5. The highest BCUT2D eigenvalue weighted by atomic mass is 35.5. The van der Waals surface area contributed by atoms with Crippen molar-refractivity contribution in [2.75, 3.05) is 19.7 Å². The first-order chi connectivity index (χ1) is 15.7. The standard InChI is InChI=1S/C22H20ClN3O6S/c1-13-4-3-5-14(2)20(13)32-12-19(27)24-8-9-25-21(28)18(33-22(25)29)11-15-6-7-16(23)17(10-15)26(30)31/h3-7,10-11H,8-9,12H2,1-2H3,(H,24,27)/b18-11-. The molecule has 0 aliphatic carbocycles. The third-order valence-corrected chi connectivity index (χ3v) is 5.98. The number of aryl methyl sites for hydroxylation is 2. The summed E-state index contributed by atoms with van der Waals surface area (Å²) in [6.07, 6.45) is 1.39. The molecule has 0 aromatic heterocycles. The van der Waals surface area contributed by atoms with Crippen LogP contribution >= 0.6 is 23.4 Å². The van der Waals surface area contributed by atoms with E-state index in [2.05, 4.69) is 5.32 Å². The first-order valence-electron chi connectivity index (χ1n) is 9.82. The van der Waals surface area contributed by atoms with E-state index < -0.39 is 16.1 Å². The maximum atomic E-state index is 12.6. The maximum Gasteiger partial charge on any atom is 0.293 e. The number of hydrogen-bond donors (Lipinski definition) is 1. The van der Waals surface area contributed by atoms with E-state index in [9.17, 15) is 24.5 Å². The van der Waals surface area contributed by atoms with E-state index in [1.807, 2.05) is 32.0 Å². The molecule has 172 valence electrons. The van der Waals surface area contributed by atoms with Crippen molar-refractivity contribution in [3.8, 4) is 5.75 Å². The molecule has 0 saturated carbocycles. The first-order valence-corrected chi connectivity index (χ1v) is 11.0. The summed E-state index contributed by atoms with van der Waals surface area (Å²) >= 11 is 6.52. The molecule has 1 aliphatic rings. The van der Waals surface area contributed by atoms with Crippen LogP contribution in [-0.2, 0) is 9.59 Å². The van der Waals surface area contributed by atoms with Gasteiger partial charge in [0.15, 0.2) is 6.61 Å². The molecule has 0 unspecified atom stereocenters. The predicted octanol–water partition coefficient (Wildman–Crippen LogP) is 4.10. The van der Waals surface area contributed by atoms with Gasteiger partial charge in [-0.15, -0.1) is 0 Å². The number of nitro benzene ring substituents is 1. The zero-order valence-electron chi connectivity index (χ0n) is 17.8. The number of rotatable bonds is 8. The minimum atomic E-state index is -0.627. The normalized spacial score (nSPS) is 14.6. The number of carbonyl (C=O) groups excluding carboxylic acids is 3. The van der Waals surface area contributed by atoms with Crippen LogP contribution in [0.5, 0.6) is 5.75 Å². The minimum absolute atomic E-state index is 0.0160. The number of nitrogens with zero attached hydrogens (tertiary/aromatic N) is 2. The lowest BCUT2D eigenvalue weighted by atomic mass is 10.1. The summed E-state index contributed by atoms with van der Waals surface area (Å²) in [7, 11) is 0. The highest BCUT2D eigenvalue weighted by Crippen LogP contribution is 2.33. The zero-order chi connectivity index (χ0) is 24.1. The van der Waals surface area contributed by atoms with Crippen LogP contribution in [0.3, 0.4) is 0 Å². The van der Waals surface area contributed by atoms with Gasteiger partial charge in [0.1, 0.15) is 10.8 Å². The van der Waals surface area contributed by atoms with Gasteiger partial charge >= 0.3 is 0 Å². The van der Waals surface area contributed by atoms with Gasteiger partial charge in [-0.05, 0) is 54.4 Å². The molecule has 0 spiro atoms. The third kappa shape index (κ3) is 5.91. The van der Waals surface area contributed by atoms with Crippen LogP contribution in [0.25, 0.3) is 6.08 Å². The molecule has 2 aromatic rings. The van der Waals surface area contributed by atoms with Crippen LogP contribution < -0.4 is 10.1 Å². The van der Waals surface area contributed by atoms with Gasteiger partial charge in [-0.1, -0.05) is 35.9 Å². The predicted molar refractivity (Wildman–Crippen MR) is 125 cm³/mol. The Morgan fingerprint density at radius 3 is 2.61 bits per heavy atom. The molecule has 1 aliphatic heterocycles. The van der Waals surface area contributed by atoms with Crippen molar-refractivity contribution in [1.29, 1.82) is 0 Å². The topological polar surface area (TPSA) is 119 Å². The summed E-state index contributed by atoms with van der Waals surface area (Å²) in [5.41, 5.74) is 1.90. The maximum absolute atomic E-state index is 12.6. The summed E-state index contributed by atoms with van der Waals surface area (Å²) in [5.74, 6) is -0.275. The fourth-order valence-electron chi connectivity index (χ4n) is 3.13. The van der Waals surface area contributed by atoms with Gasteiger partial charge in [-0.25, -0.2) is 0 Å². The van der Waals surface area contributed by atoms with E-state index in [-0.39, 0.29) is 41.2 Å². The Balaban J connectivity index is 1.55. The lowest BCUT2D eigenvalue weighted by Crippen LogP contribution is -2.38. The number of nitrogens with one attached hydrogen (secondary N) is 1. The van der Waals surface area contributed by atoms with Gasteiger partial charge in [-0.2, -0.15) is 0 Å². The summed E-state index contributed by atoms with van der Waals surface area (Å²) in [5, 5.41) is 13.1. The number of carbonyl (C=O) groups is 3. The first kappa shape index (κ1) is 24.3. The molecule has 3 rings (SSSR count). The van der Waals surface area contributed by atoms with E-state index in [1.54, 1.807) is 0 Å². The van der Waals surface area contributed by atoms with Crippen molar-refractivity contribution in [2.24, 2.45) is 0 Å². The number of thioether (sulfide) groups is 1. The number of imide groups is 1. The fourth-order valence-corrected chi connectivity index (χ4v) is 4.18. The molecule has 0 bridgehead atoms. The van der Waals surface area contributed by atoms with Gasteiger partial charge in [-0.3, -0.25) is 29.4 Å². The van der Waals surface area contributed by atoms with Crippen molar-refractivity contribution in [2.45, 2.75) is 13.8 Å². The lowest BCUT2D eigenvalue weighted by molar-refractivity contribution is -0.384. The van der Waals surface area contributed by atoms with Crippen molar-refractivity contribution in [3.63, 3.8) is 0 Å². The Morgan fingerprint density at radius 2 is 1.94 bits per heavy atom. The zero-order valence-corrected chi connectivity index (χ0v) is 19.4. The number of ether oxygens (including phenoxy) is 1. The number of para-hydroxylation sites is 1. The van der Waals surface area contributed by atoms with Crippen molar-refractivity contribution < 1.29 is 24.0 Å². The average molecular weight is 490 g/mol. The quantitative estimate of drug-likeness (QED) is 0.337. The number of nitro groups is 1. The van der Waals surface area contributed by atoms with Gasteiger partial charge in [0.05, 0.1) is 9.83 Å². The molecule has 0 radical (unpaired) electrons. The van der Waals surface area contributed by atoms with Crippen LogP contribution in [0.1, 0.15) is 16.7 Å². The smallest absolute Gasteiger partial charge is 0.293 e. The second-order valence-corrected chi connectivity index (χ2v) is 8.56. The Bertz CT molecular complexity index is 1150. The van der Waals surface area contributed by atoms with Crippen LogP contribution in [0.15, 0.2) is 41.3 Å². The molecular formula is C22H20ClN3O6S. The van der Waals surface area contributed by atoms with Crippen molar-refractivity contribution in [1.82, 2.24) is 10.2 Å². The molecule has 33 heavy (non-hydrogen) atoms. The summed E-state index contributed by atoms with van der Waals surface area (Å²) in [6, 6.07) is 9.76. The second kappa shape index (κ2) is 10.5. The van der Waals surface area contributed by atoms with Crippen LogP contribution in [0, 0.1) is 24.0 Å². The highest BCUT2D eigenvalue weighted by Gasteiger charge is 2.34. The van der Waals surface area contributed by atoms with E-state index in [4.69, 9.17) is 16.3 Å². The average Bonchev–Trinajstić information content (AvgIpc) is 3.02. The molecule has 2 aromatic carbocycles.